The van der Waals surface area contributed by atoms with Gasteiger partial charge in [-0.1, -0.05) is 18.5 Å². The normalized spacial score (nSPS) is 12.5. The van der Waals surface area contributed by atoms with Crippen molar-refractivity contribution < 1.29 is 4.74 Å². The highest BCUT2D eigenvalue weighted by atomic mass is 35.5. The smallest absolute Gasteiger partial charge is 0.153 e. The molecule has 96 valence electrons. The summed E-state index contributed by atoms with van der Waals surface area (Å²) in [5.74, 6) is 0.740. The molecule has 0 aliphatic rings. The molecule has 5 heteroatoms. The third-order valence-electron chi connectivity index (χ3n) is 2.80. The van der Waals surface area contributed by atoms with E-state index in [4.69, 9.17) is 22.1 Å². The fourth-order valence-electron chi connectivity index (χ4n) is 1.61. The topological polar surface area (TPSA) is 51.4 Å². The molecule has 2 N–H and O–H groups in total. The maximum atomic E-state index is 5.95. The molecule has 1 atom stereocenters. The third-order valence-corrected chi connectivity index (χ3v) is 3.01. The van der Waals surface area contributed by atoms with E-state index < -0.39 is 0 Å². The molecule has 0 amide bonds. The van der Waals surface area contributed by atoms with Crippen molar-refractivity contribution in [3.05, 3.63) is 17.3 Å². The Balaban J connectivity index is 2.98. The number of hydrogen-bond donors (Lipinski definition) is 1. The molecule has 0 saturated heterocycles. The van der Waals surface area contributed by atoms with Gasteiger partial charge in [0.1, 0.15) is 5.15 Å². The number of aromatic nitrogens is 1. The summed E-state index contributed by atoms with van der Waals surface area (Å²) >= 11 is 5.92. The van der Waals surface area contributed by atoms with Crippen LogP contribution in [0.1, 0.15) is 20.3 Å². The van der Waals surface area contributed by atoms with Crippen molar-refractivity contribution in [1.29, 1.82) is 0 Å². The number of pyridine rings is 1. The van der Waals surface area contributed by atoms with E-state index >= 15 is 0 Å². The number of nitrogens with two attached hydrogens (primary N) is 1. The first kappa shape index (κ1) is 14.1. The van der Waals surface area contributed by atoms with E-state index in [1.807, 2.05) is 0 Å². The molecule has 17 heavy (non-hydrogen) atoms. The van der Waals surface area contributed by atoms with E-state index in [1.165, 1.54) is 0 Å². The van der Waals surface area contributed by atoms with Crippen LogP contribution in [-0.2, 0) is 4.74 Å². The standard InChI is InChI=1S/C12H20ClN3O/c1-4-9(2)16(7-8-17-3)12-10(14)5-6-11(13)15-12/h5-6,9H,4,7-8,14H2,1-3H3. The van der Waals surface area contributed by atoms with Gasteiger partial charge in [-0.3, -0.25) is 0 Å². The average Bonchev–Trinajstić information content (AvgIpc) is 2.33. The molecule has 1 heterocycles. The van der Waals surface area contributed by atoms with E-state index in [0.717, 1.165) is 18.8 Å². The summed E-state index contributed by atoms with van der Waals surface area (Å²) in [5.41, 5.74) is 6.60. The number of rotatable bonds is 6. The second kappa shape index (κ2) is 6.67. The van der Waals surface area contributed by atoms with Crippen LogP contribution >= 0.6 is 11.6 Å². The lowest BCUT2D eigenvalue weighted by Gasteiger charge is -2.30. The Bertz CT molecular complexity index is 360. The Morgan fingerprint density at radius 1 is 1.53 bits per heavy atom. The van der Waals surface area contributed by atoms with Crippen LogP contribution in [-0.4, -0.2) is 31.3 Å². The summed E-state index contributed by atoms with van der Waals surface area (Å²) in [6.07, 6.45) is 1.01. The van der Waals surface area contributed by atoms with Crippen LogP contribution in [0.5, 0.6) is 0 Å². The van der Waals surface area contributed by atoms with Gasteiger partial charge in [-0.15, -0.1) is 0 Å². The first-order valence-corrected chi connectivity index (χ1v) is 6.15. The molecule has 0 saturated carbocycles. The number of nitrogen functional groups attached to an aromatic ring is 1. The van der Waals surface area contributed by atoms with Crippen molar-refractivity contribution in [2.24, 2.45) is 0 Å². The molecule has 0 fully saturated rings. The summed E-state index contributed by atoms with van der Waals surface area (Å²) in [6.45, 7) is 5.66. The van der Waals surface area contributed by atoms with Crippen LogP contribution in [0.4, 0.5) is 11.5 Å². The fraction of sp³-hybridized carbons (Fsp3) is 0.583. The molecule has 0 aliphatic heterocycles. The maximum Gasteiger partial charge on any atom is 0.153 e. The summed E-state index contributed by atoms with van der Waals surface area (Å²) < 4.78 is 5.12. The van der Waals surface area contributed by atoms with Gasteiger partial charge in [0.2, 0.25) is 0 Å². The largest absolute Gasteiger partial charge is 0.396 e. The van der Waals surface area contributed by atoms with Crippen molar-refractivity contribution in [2.75, 3.05) is 30.9 Å². The molecule has 1 unspecified atom stereocenters. The van der Waals surface area contributed by atoms with Crippen LogP contribution in [0.3, 0.4) is 0 Å². The van der Waals surface area contributed by atoms with Crippen LogP contribution in [0.25, 0.3) is 0 Å². The molecule has 0 spiro atoms. The Morgan fingerprint density at radius 2 is 2.24 bits per heavy atom. The number of ether oxygens (including phenoxy) is 1. The first-order valence-electron chi connectivity index (χ1n) is 5.77. The monoisotopic (exact) mass is 257 g/mol. The Hall–Kier alpha value is -1.00. The van der Waals surface area contributed by atoms with E-state index in [1.54, 1.807) is 19.2 Å². The Morgan fingerprint density at radius 3 is 2.82 bits per heavy atom. The van der Waals surface area contributed by atoms with E-state index in [0.29, 0.717) is 23.5 Å². The third kappa shape index (κ3) is 3.75. The second-order valence-electron chi connectivity index (χ2n) is 3.99. The quantitative estimate of drug-likeness (QED) is 0.796. The minimum atomic E-state index is 0.346. The van der Waals surface area contributed by atoms with Gasteiger partial charge in [-0.25, -0.2) is 4.98 Å². The SMILES string of the molecule is CCC(C)N(CCOC)c1nc(Cl)ccc1N. The molecular formula is C12H20ClN3O. The molecule has 0 aliphatic carbocycles. The number of nitrogens with zero attached hydrogens (tertiary/aromatic N) is 2. The Labute approximate surface area is 108 Å². The second-order valence-corrected chi connectivity index (χ2v) is 4.38. The summed E-state index contributed by atoms with van der Waals surface area (Å²) in [6, 6.07) is 3.83. The molecule has 0 aromatic carbocycles. The minimum Gasteiger partial charge on any atom is -0.396 e. The highest BCUT2D eigenvalue weighted by molar-refractivity contribution is 6.29. The van der Waals surface area contributed by atoms with Crippen molar-refractivity contribution in [1.82, 2.24) is 4.98 Å². The molecular weight excluding hydrogens is 238 g/mol. The van der Waals surface area contributed by atoms with Crippen LogP contribution < -0.4 is 10.6 Å². The van der Waals surface area contributed by atoms with Crippen molar-refractivity contribution in [3.63, 3.8) is 0 Å². The van der Waals surface area contributed by atoms with Crippen molar-refractivity contribution >= 4 is 23.1 Å². The lowest BCUT2D eigenvalue weighted by molar-refractivity contribution is 0.203. The molecule has 4 nitrogen and oxygen atoms in total. The van der Waals surface area contributed by atoms with Gasteiger partial charge in [-0.2, -0.15) is 0 Å². The highest BCUT2D eigenvalue weighted by Crippen LogP contribution is 2.25. The number of methoxy groups -OCH3 is 1. The molecule has 0 bridgehead atoms. The van der Waals surface area contributed by atoms with Gasteiger partial charge >= 0.3 is 0 Å². The van der Waals surface area contributed by atoms with Gasteiger partial charge in [0.25, 0.3) is 0 Å². The summed E-state index contributed by atoms with van der Waals surface area (Å²) in [7, 11) is 1.68. The molecule has 1 aromatic heterocycles. The zero-order chi connectivity index (χ0) is 12.8. The van der Waals surface area contributed by atoms with E-state index in [-0.39, 0.29) is 0 Å². The van der Waals surface area contributed by atoms with Crippen molar-refractivity contribution in [2.45, 2.75) is 26.3 Å². The molecule has 1 rings (SSSR count). The zero-order valence-corrected chi connectivity index (χ0v) is 11.4. The van der Waals surface area contributed by atoms with E-state index in [2.05, 4.69) is 23.7 Å². The predicted molar refractivity (Wildman–Crippen MR) is 72.6 cm³/mol. The van der Waals surface area contributed by atoms with Crippen LogP contribution in [0.2, 0.25) is 5.15 Å². The lowest BCUT2D eigenvalue weighted by atomic mass is 10.2. The molecule has 1 aromatic rings. The minimum absolute atomic E-state index is 0.346. The molecule has 0 radical (unpaired) electrons. The maximum absolute atomic E-state index is 5.95. The first-order chi connectivity index (χ1) is 8.10. The van der Waals surface area contributed by atoms with Gasteiger partial charge < -0.3 is 15.4 Å². The predicted octanol–water partition coefficient (Wildman–Crippen LogP) is 2.57. The van der Waals surface area contributed by atoms with Gasteiger partial charge in [-0.05, 0) is 25.5 Å². The fourth-order valence-corrected chi connectivity index (χ4v) is 1.75. The van der Waals surface area contributed by atoms with E-state index in [9.17, 15) is 0 Å². The number of anilines is 2. The lowest BCUT2D eigenvalue weighted by Crippen LogP contribution is -2.36. The zero-order valence-electron chi connectivity index (χ0n) is 10.6. The summed E-state index contributed by atoms with van der Waals surface area (Å²) in [4.78, 5) is 6.44. The Kier molecular flexibility index (Phi) is 5.51. The van der Waals surface area contributed by atoms with Crippen molar-refractivity contribution in [3.8, 4) is 0 Å². The number of hydrogen-bond acceptors (Lipinski definition) is 4. The van der Waals surface area contributed by atoms with Gasteiger partial charge in [0.15, 0.2) is 5.82 Å². The highest BCUT2D eigenvalue weighted by Gasteiger charge is 2.17. The van der Waals surface area contributed by atoms with Crippen LogP contribution in [0, 0.1) is 0 Å². The van der Waals surface area contributed by atoms with Gasteiger partial charge in [0.05, 0.1) is 12.3 Å². The average molecular weight is 258 g/mol. The summed E-state index contributed by atoms with van der Waals surface area (Å²) in [5, 5.41) is 0.458. The van der Waals surface area contributed by atoms with Crippen LogP contribution in [0.15, 0.2) is 12.1 Å². The van der Waals surface area contributed by atoms with Gasteiger partial charge in [0, 0.05) is 19.7 Å². The number of halogens is 1.